The third-order valence-electron chi connectivity index (χ3n) is 5.85. The number of carbonyl (C=O) groups excluding carboxylic acids is 2. The Kier molecular flexibility index (Phi) is 8.63. The van der Waals surface area contributed by atoms with Crippen molar-refractivity contribution in [1.82, 2.24) is 9.80 Å². The lowest BCUT2D eigenvalue weighted by Crippen LogP contribution is -2.38. The lowest BCUT2D eigenvalue weighted by atomic mass is 9.95. The van der Waals surface area contributed by atoms with E-state index in [-0.39, 0.29) is 17.4 Å². The summed E-state index contributed by atoms with van der Waals surface area (Å²) in [4.78, 5) is 29.9. The molecule has 6 nitrogen and oxygen atoms in total. The summed E-state index contributed by atoms with van der Waals surface area (Å²) in [6.07, 6.45) is 0.00484. The van der Waals surface area contributed by atoms with Crippen molar-refractivity contribution in [2.75, 3.05) is 26.2 Å². The molecule has 1 aliphatic heterocycles. The number of benzene rings is 2. The summed E-state index contributed by atoms with van der Waals surface area (Å²) in [6.45, 7) is 10.5. The summed E-state index contributed by atoms with van der Waals surface area (Å²) in [7, 11) is 0. The molecule has 2 aromatic rings. The van der Waals surface area contributed by atoms with Gasteiger partial charge in [-0.25, -0.2) is 0 Å². The van der Waals surface area contributed by atoms with Crippen LogP contribution in [0.2, 0.25) is 10.0 Å². The van der Waals surface area contributed by atoms with E-state index in [0.717, 1.165) is 13.1 Å². The number of likely N-dealkylation sites (N-methyl/N-ethyl adjacent to an activating group) is 1. The quantitative estimate of drug-likeness (QED) is 0.275. The van der Waals surface area contributed by atoms with Crippen LogP contribution in [0, 0.1) is 0 Å². The van der Waals surface area contributed by atoms with Gasteiger partial charge in [-0.2, -0.15) is 0 Å². The molecular formula is C26H30Cl2N2O4. The van der Waals surface area contributed by atoms with Crippen LogP contribution in [0.3, 0.4) is 0 Å². The van der Waals surface area contributed by atoms with Crippen molar-refractivity contribution in [3.05, 3.63) is 69.2 Å². The number of hydrogen-bond donors (Lipinski definition) is 1. The first-order valence-corrected chi connectivity index (χ1v) is 12.2. The normalized spacial score (nSPS) is 17.8. The van der Waals surface area contributed by atoms with E-state index in [1.807, 2.05) is 27.7 Å². The van der Waals surface area contributed by atoms with Crippen LogP contribution in [-0.2, 0) is 9.59 Å². The van der Waals surface area contributed by atoms with Crippen molar-refractivity contribution in [3.8, 4) is 5.75 Å². The van der Waals surface area contributed by atoms with Crippen molar-refractivity contribution in [2.24, 2.45) is 0 Å². The topological polar surface area (TPSA) is 70.1 Å². The van der Waals surface area contributed by atoms with Gasteiger partial charge in [-0.05, 0) is 68.9 Å². The predicted molar refractivity (Wildman–Crippen MR) is 135 cm³/mol. The van der Waals surface area contributed by atoms with Gasteiger partial charge in [0.05, 0.1) is 27.8 Å². The van der Waals surface area contributed by atoms with Gasteiger partial charge in [0.2, 0.25) is 0 Å². The Hall–Kier alpha value is -2.54. The van der Waals surface area contributed by atoms with Crippen LogP contribution in [0.5, 0.6) is 5.75 Å². The van der Waals surface area contributed by atoms with E-state index in [1.165, 1.54) is 4.90 Å². The Morgan fingerprint density at radius 2 is 1.71 bits per heavy atom. The molecule has 3 rings (SSSR count). The number of halogens is 2. The molecule has 34 heavy (non-hydrogen) atoms. The van der Waals surface area contributed by atoms with Gasteiger partial charge in [0, 0.05) is 18.7 Å². The lowest BCUT2D eigenvalue weighted by Gasteiger charge is -2.28. The smallest absolute Gasteiger partial charge is 0.295 e. The molecule has 182 valence electrons. The Morgan fingerprint density at radius 1 is 1.06 bits per heavy atom. The minimum atomic E-state index is -0.781. The van der Waals surface area contributed by atoms with Gasteiger partial charge in [0.15, 0.2) is 0 Å². The first kappa shape index (κ1) is 26.1. The third-order valence-corrected chi connectivity index (χ3v) is 6.59. The van der Waals surface area contributed by atoms with E-state index >= 15 is 0 Å². The Labute approximate surface area is 210 Å². The number of amides is 1. The maximum Gasteiger partial charge on any atom is 0.295 e. The highest BCUT2D eigenvalue weighted by Crippen LogP contribution is 2.41. The first-order chi connectivity index (χ1) is 16.2. The summed E-state index contributed by atoms with van der Waals surface area (Å²) >= 11 is 12.4. The lowest BCUT2D eigenvalue weighted by molar-refractivity contribution is -0.140. The molecule has 0 aliphatic carbocycles. The van der Waals surface area contributed by atoms with Crippen molar-refractivity contribution < 1.29 is 19.4 Å². The second kappa shape index (κ2) is 11.3. The van der Waals surface area contributed by atoms with Gasteiger partial charge in [0.25, 0.3) is 11.7 Å². The van der Waals surface area contributed by atoms with Crippen LogP contribution in [0.4, 0.5) is 0 Å². The summed E-state index contributed by atoms with van der Waals surface area (Å²) < 4.78 is 5.66. The maximum absolute atomic E-state index is 13.2. The molecule has 1 heterocycles. The van der Waals surface area contributed by atoms with Crippen LogP contribution >= 0.6 is 23.2 Å². The zero-order valence-electron chi connectivity index (χ0n) is 19.8. The molecular weight excluding hydrogens is 475 g/mol. The minimum Gasteiger partial charge on any atom is -0.507 e. The largest absolute Gasteiger partial charge is 0.507 e. The number of hydrogen-bond acceptors (Lipinski definition) is 5. The van der Waals surface area contributed by atoms with Crippen LogP contribution in [0.1, 0.15) is 44.9 Å². The average Bonchev–Trinajstić information content (AvgIpc) is 3.06. The standard InChI is InChI=1S/C26H30Cl2N2O4/c1-5-29(6-2)13-14-30-23(18-9-12-20(27)21(28)15-18)22(25(32)26(30)33)24(31)17-7-10-19(11-8-17)34-16(3)4/h7-12,15-16,23,31H,5-6,13-14H2,1-4H3/t23-/m1/s1. The van der Waals surface area contributed by atoms with Gasteiger partial charge in [-0.3, -0.25) is 9.59 Å². The molecule has 0 saturated carbocycles. The summed E-state index contributed by atoms with van der Waals surface area (Å²) in [5.41, 5.74) is 1.05. The van der Waals surface area contributed by atoms with Crippen LogP contribution in [-0.4, -0.2) is 58.9 Å². The average molecular weight is 505 g/mol. The molecule has 1 fully saturated rings. The molecule has 8 heteroatoms. The van der Waals surface area contributed by atoms with E-state index in [0.29, 0.717) is 40.0 Å². The highest BCUT2D eigenvalue weighted by atomic mass is 35.5. The SMILES string of the molecule is CCN(CC)CCN1C(=O)C(=O)C(=C(O)c2ccc(OC(C)C)cc2)[C@H]1c1ccc(Cl)c(Cl)c1. The van der Waals surface area contributed by atoms with Crippen molar-refractivity contribution in [2.45, 2.75) is 39.8 Å². The second-order valence-corrected chi connectivity index (χ2v) is 9.20. The maximum atomic E-state index is 13.2. The molecule has 1 aliphatic rings. The molecule has 1 N–H and O–H groups in total. The number of aliphatic hydroxyl groups excluding tert-OH is 1. The van der Waals surface area contributed by atoms with Crippen LogP contribution in [0.25, 0.3) is 5.76 Å². The van der Waals surface area contributed by atoms with Crippen molar-refractivity contribution >= 4 is 40.7 Å². The molecule has 0 spiro atoms. The number of ketones is 1. The van der Waals surface area contributed by atoms with Crippen LogP contribution < -0.4 is 4.74 Å². The van der Waals surface area contributed by atoms with E-state index in [2.05, 4.69) is 4.90 Å². The number of aliphatic hydroxyl groups is 1. The van der Waals surface area contributed by atoms with E-state index in [4.69, 9.17) is 27.9 Å². The summed E-state index contributed by atoms with van der Waals surface area (Å²) in [5, 5.41) is 11.9. The van der Waals surface area contributed by atoms with Crippen molar-refractivity contribution in [1.29, 1.82) is 0 Å². The fraction of sp³-hybridized carbons (Fsp3) is 0.385. The van der Waals surface area contributed by atoms with Gasteiger partial charge >= 0.3 is 0 Å². The molecule has 1 saturated heterocycles. The molecule has 0 aromatic heterocycles. The molecule has 1 atom stereocenters. The monoisotopic (exact) mass is 504 g/mol. The predicted octanol–water partition coefficient (Wildman–Crippen LogP) is 5.54. The van der Waals surface area contributed by atoms with Gasteiger partial charge in [-0.15, -0.1) is 0 Å². The number of nitrogens with zero attached hydrogens (tertiary/aromatic N) is 2. The zero-order chi connectivity index (χ0) is 25.0. The summed E-state index contributed by atoms with van der Waals surface area (Å²) in [5.74, 6) is -0.969. The number of Topliss-reactive ketones (excluding diaryl/α,β-unsaturated/α-hetero) is 1. The second-order valence-electron chi connectivity index (χ2n) is 8.38. The molecule has 2 aromatic carbocycles. The van der Waals surface area contributed by atoms with E-state index < -0.39 is 17.7 Å². The molecule has 1 amide bonds. The van der Waals surface area contributed by atoms with E-state index in [1.54, 1.807) is 42.5 Å². The number of ether oxygens (including phenoxy) is 1. The Morgan fingerprint density at radius 3 is 2.26 bits per heavy atom. The fourth-order valence-electron chi connectivity index (χ4n) is 4.05. The third kappa shape index (κ3) is 5.57. The Bertz CT molecular complexity index is 1080. The van der Waals surface area contributed by atoms with Gasteiger partial charge in [0.1, 0.15) is 11.5 Å². The van der Waals surface area contributed by atoms with Gasteiger partial charge < -0.3 is 19.6 Å². The highest BCUT2D eigenvalue weighted by molar-refractivity contribution is 6.46. The first-order valence-electron chi connectivity index (χ1n) is 11.4. The fourth-order valence-corrected chi connectivity index (χ4v) is 4.35. The minimum absolute atomic E-state index is 0.00484. The molecule has 0 radical (unpaired) electrons. The molecule has 0 unspecified atom stereocenters. The van der Waals surface area contributed by atoms with Crippen molar-refractivity contribution in [3.63, 3.8) is 0 Å². The van der Waals surface area contributed by atoms with Crippen LogP contribution in [0.15, 0.2) is 48.0 Å². The molecule has 0 bridgehead atoms. The van der Waals surface area contributed by atoms with E-state index in [9.17, 15) is 14.7 Å². The number of carbonyl (C=O) groups is 2. The van der Waals surface area contributed by atoms with Gasteiger partial charge in [-0.1, -0.05) is 43.1 Å². The Balaban J connectivity index is 2.07. The zero-order valence-corrected chi connectivity index (χ0v) is 21.4. The highest BCUT2D eigenvalue weighted by Gasteiger charge is 2.46. The number of rotatable bonds is 9. The summed E-state index contributed by atoms with van der Waals surface area (Å²) in [6, 6.07) is 11.0. The number of likely N-dealkylation sites (tertiary alicyclic amines) is 1.